The van der Waals surface area contributed by atoms with Crippen LogP contribution in [-0.4, -0.2) is 37.9 Å². The van der Waals surface area contributed by atoms with Crippen LogP contribution in [0.2, 0.25) is 0 Å². The van der Waals surface area contributed by atoms with Gasteiger partial charge in [-0.25, -0.2) is 0 Å². The van der Waals surface area contributed by atoms with Crippen LogP contribution < -0.4 is 14.8 Å². The van der Waals surface area contributed by atoms with Crippen molar-refractivity contribution in [2.75, 3.05) is 33.0 Å². The molecule has 0 aromatic heterocycles. The summed E-state index contributed by atoms with van der Waals surface area (Å²) in [4.78, 5) is 2.58. The second kappa shape index (κ2) is 5.26. The first-order chi connectivity index (χ1) is 9.55. The Hall–Kier alpha value is -1.26. The van der Waals surface area contributed by atoms with Crippen LogP contribution in [0.5, 0.6) is 11.5 Å². The fourth-order valence-corrected chi connectivity index (χ4v) is 3.28. The van der Waals surface area contributed by atoms with Crippen molar-refractivity contribution >= 4 is 0 Å². The van der Waals surface area contributed by atoms with E-state index < -0.39 is 0 Å². The zero-order valence-corrected chi connectivity index (χ0v) is 12.6. The van der Waals surface area contributed by atoms with Crippen molar-refractivity contribution in [2.24, 2.45) is 5.41 Å². The molecule has 20 heavy (non-hydrogen) atoms. The molecular formula is C16H24N2O2. The minimum absolute atomic E-state index is 0.186. The van der Waals surface area contributed by atoms with Gasteiger partial charge in [-0.1, -0.05) is 26.8 Å². The van der Waals surface area contributed by atoms with Gasteiger partial charge >= 0.3 is 0 Å². The smallest absolute Gasteiger partial charge is 0.231 e. The van der Waals surface area contributed by atoms with Crippen molar-refractivity contribution in [3.05, 3.63) is 23.8 Å². The molecule has 1 N–H and O–H groups in total. The van der Waals surface area contributed by atoms with Gasteiger partial charge in [-0.05, 0) is 23.1 Å². The highest BCUT2D eigenvalue weighted by molar-refractivity contribution is 5.45. The standard InChI is InChI=1S/C16H24N2O2/c1-16(2,3)15(18-8-6-17-7-9-18)12-4-5-13-14(10-12)20-11-19-13/h4-5,10,15,17H,6-9,11H2,1-3H3/t15-/m0/s1. The zero-order valence-electron chi connectivity index (χ0n) is 12.6. The van der Waals surface area contributed by atoms with E-state index in [1.807, 2.05) is 6.07 Å². The van der Waals surface area contributed by atoms with Crippen LogP contribution in [-0.2, 0) is 0 Å². The summed E-state index contributed by atoms with van der Waals surface area (Å²) in [7, 11) is 0. The molecule has 4 nitrogen and oxygen atoms in total. The molecule has 4 heteroatoms. The van der Waals surface area contributed by atoms with Crippen molar-refractivity contribution in [3.63, 3.8) is 0 Å². The van der Waals surface area contributed by atoms with E-state index in [1.54, 1.807) is 0 Å². The molecule has 2 heterocycles. The van der Waals surface area contributed by atoms with E-state index in [-0.39, 0.29) is 5.41 Å². The Labute approximate surface area is 121 Å². The van der Waals surface area contributed by atoms with Crippen LogP contribution in [0.1, 0.15) is 32.4 Å². The topological polar surface area (TPSA) is 33.7 Å². The molecule has 3 rings (SSSR count). The molecule has 2 aliphatic rings. The molecule has 0 aliphatic carbocycles. The highest BCUT2D eigenvalue weighted by Gasteiger charge is 2.33. The molecule has 0 spiro atoms. The Kier molecular flexibility index (Phi) is 3.61. The molecule has 1 fully saturated rings. The Morgan fingerprint density at radius 2 is 1.80 bits per heavy atom. The Morgan fingerprint density at radius 1 is 1.10 bits per heavy atom. The fraction of sp³-hybridized carbons (Fsp3) is 0.625. The second-order valence-corrected chi connectivity index (χ2v) is 6.67. The largest absolute Gasteiger partial charge is 0.454 e. The van der Waals surface area contributed by atoms with Gasteiger partial charge in [-0.3, -0.25) is 4.90 Å². The molecular weight excluding hydrogens is 252 g/mol. The van der Waals surface area contributed by atoms with Gasteiger partial charge in [0.1, 0.15) is 0 Å². The van der Waals surface area contributed by atoms with E-state index in [4.69, 9.17) is 9.47 Å². The minimum atomic E-state index is 0.186. The number of hydrogen-bond donors (Lipinski definition) is 1. The van der Waals surface area contributed by atoms with Crippen LogP contribution in [0.3, 0.4) is 0 Å². The average Bonchev–Trinajstić information content (AvgIpc) is 2.86. The summed E-state index contributed by atoms with van der Waals surface area (Å²) < 4.78 is 11.0. The van der Waals surface area contributed by atoms with Crippen molar-refractivity contribution in [3.8, 4) is 11.5 Å². The molecule has 110 valence electrons. The maximum atomic E-state index is 5.54. The summed E-state index contributed by atoms with van der Waals surface area (Å²) in [5.41, 5.74) is 1.51. The van der Waals surface area contributed by atoms with Gasteiger partial charge in [-0.2, -0.15) is 0 Å². The first kappa shape index (κ1) is 13.7. The summed E-state index contributed by atoms with van der Waals surface area (Å²) in [5, 5.41) is 3.43. The lowest BCUT2D eigenvalue weighted by atomic mass is 9.81. The molecule has 1 saturated heterocycles. The molecule has 0 saturated carbocycles. The average molecular weight is 276 g/mol. The van der Waals surface area contributed by atoms with Crippen molar-refractivity contribution < 1.29 is 9.47 Å². The predicted molar refractivity (Wildman–Crippen MR) is 79.2 cm³/mol. The Bertz CT molecular complexity index is 476. The summed E-state index contributed by atoms with van der Waals surface area (Å²) in [5.74, 6) is 1.74. The molecule has 0 radical (unpaired) electrons. The normalized spacial score (nSPS) is 20.9. The van der Waals surface area contributed by atoms with Gasteiger partial charge < -0.3 is 14.8 Å². The number of benzene rings is 1. The lowest BCUT2D eigenvalue weighted by molar-refractivity contribution is 0.0861. The number of rotatable bonds is 2. The maximum Gasteiger partial charge on any atom is 0.231 e. The van der Waals surface area contributed by atoms with Crippen LogP contribution >= 0.6 is 0 Å². The molecule has 0 bridgehead atoms. The molecule has 0 amide bonds. The maximum absolute atomic E-state index is 5.54. The van der Waals surface area contributed by atoms with Gasteiger partial charge in [-0.15, -0.1) is 0 Å². The SMILES string of the molecule is CC(C)(C)[C@H](c1ccc2c(c1)OCO2)N1CCNCC1. The summed E-state index contributed by atoms with van der Waals surface area (Å²) >= 11 is 0. The molecule has 1 atom stereocenters. The molecule has 2 aliphatic heterocycles. The van der Waals surface area contributed by atoms with Crippen LogP contribution in [0.25, 0.3) is 0 Å². The number of nitrogens with zero attached hydrogens (tertiary/aromatic N) is 1. The van der Waals surface area contributed by atoms with Crippen LogP contribution in [0.15, 0.2) is 18.2 Å². The van der Waals surface area contributed by atoms with E-state index in [0.717, 1.165) is 37.7 Å². The van der Waals surface area contributed by atoms with Crippen molar-refractivity contribution in [2.45, 2.75) is 26.8 Å². The van der Waals surface area contributed by atoms with Crippen LogP contribution in [0.4, 0.5) is 0 Å². The van der Waals surface area contributed by atoms with Crippen LogP contribution in [0, 0.1) is 5.41 Å². The van der Waals surface area contributed by atoms with E-state index in [1.165, 1.54) is 5.56 Å². The molecule has 0 unspecified atom stereocenters. The second-order valence-electron chi connectivity index (χ2n) is 6.67. The lowest BCUT2D eigenvalue weighted by Gasteiger charge is -2.42. The highest BCUT2D eigenvalue weighted by atomic mass is 16.7. The van der Waals surface area contributed by atoms with Crippen molar-refractivity contribution in [1.82, 2.24) is 10.2 Å². The third-order valence-corrected chi connectivity index (χ3v) is 4.05. The quantitative estimate of drug-likeness (QED) is 0.899. The Morgan fingerprint density at radius 3 is 2.50 bits per heavy atom. The first-order valence-electron chi connectivity index (χ1n) is 7.40. The van der Waals surface area contributed by atoms with Gasteiger partial charge in [0.2, 0.25) is 6.79 Å². The van der Waals surface area contributed by atoms with Gasteiger partial charge in [0.15, 0.2) is 11.5 Å². The molecule has 1 aromatic carbocycles. The summed E-state index contributed by atoms with van der Waals surface area (Å²) in [6.07, 6.45) is 0. The number of hydrogen-bond acceptors (Lipinski definition) is 4. The van der Waals surface area contributed by atoms with E-state index in [9.17, 15) is 0 Å². The first-order valence-corrected chi connectivity index (χ1v) is 7.40. The van der Waals surface area contributed by atoms with E-state index in [0.29, 0.717) is 12.8 Å². The van der Waals surface area contributed by atoms with Gasteiger partial charge in [0.05, 0.1) is 0 Å². The zero-order chi connectivity index (χ0) is 14.2. The van der Waals surface area contributed by atoms with Gasteiger partial charge in [0.25, 0.3) is 0 Å². The molecule has 1 aromatic rings. The summed E-state index contributed by atoms with van der Waals surface area (Å²) in [6, 6.07) is 6.78. The number of ether oxygens (including phenoxy) is 2. The van der Waals surface area contributed by atoms with E-state index in [2.05, 4.69) is 43.1 Å². The lowest BCUT2D eigenvalue weighted by Crippen LogP contribution is -2.48. The van der Waals surface area contributed by atoms with Gasteiger partial charge in [0, 0.05) is 32.2 Å². The number of nitrogens with one attached hydrogen (secondary N) is 1. The number of piperazine rings is 1. The minimum Gasteiger partial charge on any atom is -0.454 e. The predicted octanol–water partition coefficient (Wildman–Crippen LogP) is 2.41. The van der Waals surface area contributed by atoms with Crippen molar-refractivity contribution in [1.29, 1.82) is 0 Å². The fourth-order valence-electron chi connectivity index (χ4n) is 3.28. The Balaban J connectivity index is 1.92. The highest BCUT2D eigenvalue weighted by Crippen LogP contribution is 2.42. The van der Waals surface area contributed by atoms with E-state index >= 15 is 0 Å². The third kappa shape index (κ3) is 2.63. The third-order valence-electron chi connectivity index (χ3n) is 4.05. The monoisotopic (exact) mass is 276 g/mol. The summed E-state index contributed by atoms with van der Waals surface area (Å²) in [6.45, 7) is 11.6. The number of fused-ring (bicyclic) bond motifs is 1.